The molecule has 1 amide bonds. The molecule has 0 saturated carbocycles. The highest BCUT2D eigenvalue weighted by molar-refractivity contribution is 7.89. The van der Waals surface area contributed by atoms with Crippen molar-refractivity contribution in [1.29, 1.82) is 0 Å². The molecule has 7 nitrogen and oxygen atoms in total. The average molecular weight is 541 g/mol. The Morgan fingerprint density at radius 1 is 0.718 bits per heavy atom. The van der Waals surface area contributed by atoms with Crippen molar-refractivity contribution in [3.8, 4) is 0 Å². The van der Waals surface area contributed by atoms with Crippen molar-refractivity contribution in [3.05, 3.63) is 137 Å². The summed E-state index contributed by atoms with van der Waals surface area (Å²) in [7, 11) is -3.72. The predicted octanol–water partition coefficient (Wildman–Crippen LogP) is 4.97. The second kappa shape index (κ2) is 11.2. The van der Waals surface area contributed by atoms with E-state index in [0.717, 1.165) is 16.7 Å². The highest BCUT2D eigenvalue weighted by Gasteiger charge is 2.28. The smallest absolute Gasteiger partial charge is 0.335 e. The number of aromatic carboxylic acids is 1. The van der Waals surface area contributed by atoms with Gasteiger partial charge in [-0.3, -0.25) is 4.79 Å². The fourth-order valence-electron chi connectivity index (χ4n) is 4.75. The van der Waals surface area contributed by atoms with Crippen LogP contribution >= 0.6 is 0 Å². The van der Waals surface area contributed by atoms with Gasteiger partial charge in [0.15, 0.2) is 0 Å². The van der Waals surface area contributed by atoms with Gasteiger partial charge >= 0.3 is 5.97 Å². The van der Waals surface area contributed by atoms with Crippen molar-refractivity contribution in [2.75, 3.05) is 6.54 Å². The molecule has 0 spiro atoms. The summed E-state index contributed by atoms with van der Waals surface area (Å²) in [6.07, 6.45) is 0.661. The number of fused-ring (bicyclic) bond motifs is 1. The lowest BCUT2D eigenvalue weighted by atomic mass is 10.0. The number of sulfonamides is 1. The van der Waals surface area contributed by atoms with Crippen LogP contribution in [-0.2, 0) is 36.1 Å². The van der Waals surface area contributed by atoms with Gasteiger partial charge in [0.1, 0.15) is 0 Å². The molecule has 198 valence electrons. The molecule has 1 N–H and O–H groups in total. The van der Waals surface area contributed by atoms with Gasteiger partial charge < -0.3 is 10.0 Å². The van der Waals surface area contributed by atoms with E-state index in [1.165, 1.54) is 34.1 Å². The fourth-order valence-corrected chi connectivity index (χ4v) is 6.17. The SMILES string of the molecule is O=C(O)c1ccc(CN(Cc2ccccc2)C(=O)c2ccc(S(=O)(=O)N3CCc4ccccc4C3)cc2)cc1. The Labute approximate surface area is 228 Å². The van der Waals surface area contributed by atoms with Crippen LogP contribution in [0.5, 0.6) is 0 Å². The molecule has 8 heteroatoms. The molecule has 0 aliphatic carbocycles. The Morgan fingerprint density at radius 3 is 1.92 bits per heavy atom. The lowest BCUT2D eigenvalue weighted by Gasteiger charge is -2.28. The lowest BCUT2D eigenvalue weighted by molar-refractivity contribution is 0.0693. The number of carboxylic acids is 1. The Hall–Kier alpha value is -4.27. The van der Waals surface area contributed by atoms with E-state index in [-0.39, 0.29) is 22.9 Å². The van der Waals surface area contributed by atoms with E-state index in [1.807, 2.05) is 54.6 Å². The third kappa shape index (κ3) is 5.92. The third-order valence-corrected chi connectivity index (χ3v) is 8.77. The molecule has 4 aromatic carbocycles. The van der Waals surface area contributed by atoms with E-state index in [1.54, 1.807) is 29.2 Å². The number of carbonyl (C=O) groups is 2. The van der Waals surface area contributed by atoms with Gasteiger partial charge in [-0.1, -0.05) is 66.7 Å². The second-order valence-corrected chi connectivity index (χ2v) is 11.5. The zero-order chi connectivity index (χ0) is 27.4. The fraction of sp³-hybridized carbons (Fsp3) is 0.161. The summed E-state index contributed by atoms with van der Waals surface area (Å²) >= 11 is 0. The minimum atomic E-state index is -3.72. The van der Waals surface area contributed by atoms with E-state index in [0.29, 0.717) is 31.6 Å². The summed E-state index contributed by atoms with van der Waals surface area (Å²) in [6, 6.07) is 29.9. The molecule has 0 bridgehead atoms. The molecule has 39 heavy (non-hydrogen) atoms. The molecule has 0 saturated heterocycles. The number of amides is 1. The first-order valence-corrected chi connectivity index (χ1v) is 14.1. The molecule has 1 aliphatic heterocycles. The number of nitrogens with zero attached hydrogens (tertiary/aromatic N) is 2. The van der Waals surface area contributed by atoms with Crippen molar-refractivity contribution < 1.29 is 23.1 Å². The topological polar surface area (TPSA) is 95.0 Å². The largest absolute Gasteiger partial charge is 0.478 e. The Morgan fingerprint density at radius 2 is 1.28 bits per heavy atom. The summed E-state index contributed by atoms with van der Waals surface area (Å²) < 4.78 is 28.2. The number of benzene rings is 4. The molecule has 0 fully saturated rings. The number of carboxylic acid groups (broad SMARTS) is 1. The first-order valence-electron chi connectivity index (χ1n) is 12.6. The van der Waals surface area contributed by atoms with Gasteiger partial charge in [0.25, 0.3) is 5.91 Å². The van der Waals surface area contributed by atoms with Crippen LogP contribution in [0.3, 0.4) is 0 Å². The van der Waals surface area contributed by atoms with Gasteiger partial charge in [0, 0.05) is 31.7 Å². The van der Waals surface area contributed by atoms with Crippen LogP contribution in [-0.4, -0.2) is 41.2 Å². The molecule has 1 heterocycles. The van der Waals surface area contributed by atoms with Gasteiger partial charge in [-0.15, -0.1) is 0 Å². The van der Waals surface area contributed by atoms with E-state index < -0.39 is 16.0 Å². The van der Waals surface area contributed by atoms with Gasteiger partial charge in [-0.25, -0.2) is 13.2 Å². The van der Waals surface area contributed by atoms with Crippen LogP contribution < -0.4 is 0 Å². The van der Waals surface area contributed by atoms with Crippen molar-refractivity contribution in [1.82, 2.24) is 9.21 Å². The first kappa shape index (κ1) is 26.3. The van der Waals surface area contributed by atoms with Crippen molar-refractivity contribution in [3.63, 3.8) is 0 Å². The van der Waals surface area contributed by atoms with Crippen molar-refractivity contribution in [2.45, 2.75) is 31.0 Å². The minimum absolute atomic E-state index is 0.150. The quantitative estimate of drug-likeness (QED) is 0.340. The van der Waals surface area contributed by atoms with Crippen LogP contribution in [0.1, 0.15) is 43.0 Å². The first-order chi connectivity index (χ1) is 18.8. The van der Waals surface area contributed by atoms with E-state index in [4.69, 9.17) is 0 Å². The van der Waals surface area contributed by atoms with Gasteiger partial charge in [0.2, 0.25) is 10.0 Å². The summed E-state index contributed by atoms with van der Waals surface area (Å²) in [5.41, 5.74) is 4.45. The normalized spacial score (nSPS) is 13.4. The Kier molecular flexibility index (Phi) is 7.58. The molecular formula is C31H28N2O5S. The molecule has 0 unspecified atom stereocenters. The standard InChI is InChI=1S/C31H28N2O5S/c34-30(32(20-23-6-2-1-3-7-23)21-24-10-12-27(13-11-24)31(35)36)26-14-16-29(17-15-26)39(37,38)33-19-18-25-8-4-5-9-28(25)22-33/h1-17H,18-22H2,(H,35,36). The molecule has 4 aromatic rings. The zero-order valence-electron chi connectivity index (χ0n) is 21.2. The Bertz CT molecular complexity index is 1580. The summed E-state index contributed by atoms with van der Waals surface area (Å²) in [5, 5.41) is 9.19. The predicted molar refractivity (Wildman–Crippen MR) is 148 cm³/mol. The maximum Gasteiger partial charge on any atom is 0.335 e. The van der Waals surface area contributed by atoms with Crippen molar-refractivity contribution in [2.24, 2.45) is 0 Å². The molecule has 0 radical (unpaired) electrons. The van der Waals surface area contributed by atoms with Crippen LogP contribution in [0.4, 0.5) is 0 Å². The van der Waals surface area contributed by atoms with E-state index >= 15 is 0 Å². The van der Waals surface area contributed by atoms with Crippen LogP contribution in [0.2, 0.25) is 0 Å². The number of hydrogen-bond acceptors (Lipinski definition) is 4. The molecule has 5 rings (SSSR count). The van der Waals surface area contributed by atoms with Gasteiger partial charge in [-0.2, -0.15) is 4.31 Å². The number of hydrogen-bond donors (Lipinski definition) is 1. The van der Waals surface area contributed by atoms with Crippen LogP contribution in [0, 0.1) is 0 Å². The lowest BCUT2D eigenvalue weighted by Crippen LogP contribution is -2.36. The van der Waals surface area contributed by atoms with E-state index in [9.17, 15) is 23.1 Å². The van der Waals surface area contributed by atoms with Gasteiger partial charge in [0.05, 0.1) is 10.5 Å². The minimum Gasteiger partial charge on any atom is -0.478 e. The van der Waals surface area contributed by atoms with Crippen LogP contribution in [0.15, 0.2) is 108 Å². The monoisotopic (exact) mass is 540 g/mol. The Balaban J connectivity index is 1.36. The molecule has 1 aliphatic rings. The zero-order valence-corrected chi connectivity index (χ0v) is 22.0. The van der Waals surface area contributed by atoms with Gasteiger partial charge in [-0.05, 0) is 65.1 Å². The van der Waals surface area contributed by atoms with Crippen molar-refractivity contribution >= 4 is 21.9 Å². The average Bonchev–Trinajstić information content (AvgIpc) is 2.97. The number of carbonyl (C=O) groups excluding carboxylic acids is 1. The molecule has 0 atom stereocenters. The number of rotatable bonds is 8. The highest BCUT2D eigenvalue weighted by Crippen LogP contribution is 2.25. The third-order valence-electron chi connectivity index (χ3n) is 6.91. The summed E-state index contributed by atoms with van der Waals surface area (Å²) in [5.74, 6) is -1.26. The molecular weight excluding hydrogens is 512 g/mol. The van der Waals surface area contributed by atoms with E-state index in [2.05, 4.69) is 0 Å². The summed E-state index contributed by atoms with van der Waals surface area (Å²) in [4.78, 5) is 26.6. The molecule has 0 aromatic heterocycles. The highest BCUT2D eigenvalue weighted by atomic mass is 32.2. The second-order valence-electron chi connectivity index (χ2n) is 9.53. The maximum absolute atomic E-state index is 13.6. The summed E-state index contributed by atoms with van der Waals surface area (Å²) in [6.45, 7) is 1.34. The van der Waals surface area contributed by atoms with Crippen LogP contribution in [0.25, 0.3) is 0 Å². The maximum atomic E-state index is 13.6.